The monoisotopic (exact) mass is 187 g/mol. The Kier molecular flexibility index (Phi) is 5.34. The van der Waals surface area contributed by atoms with Crippen molar-refractivity contribution in [3.8, 4) is 0 Å². The molecule has 0 aromatic heterocycles. The molecule has 2 N–H and O–H groups in total. The fourth-order valence-corrected chi connectivity index (χ4v) is 0.794. The van der Waals surface area contributed by atoms with Gasteiger partial charge in [-0.1, -0.05) is 6.08 Å². The molecule has 0 spiro atoms. The summed E-state index contributed by atoms with van der Waals surface area (Å²) in [5.74, 6) is -0.903. The molecule has 4 nitrogen and oxygen atoms in total. The van der Waals surface area contributed by atoms with Crippen molar-refractivity contribution in [1.82, 2.24) is 4.90 Å². The standard InChI is InChI=1S/C9H17NO3/c1-7(9(12)13)5-4-6-8(11)10(2)3/h5,8,11H,4,6H2,1-3H3,(H,12,13). The average Bonchev–Trinajstić information content (AvgIpc) is 2.03. The first kappa shape index (κ1) is 12.1. The van der Waals surface area contributed by atoms with Crippen LogP contribution in [0.25, 0.3) is 0 Å². The minimum atomic E-state index is -0.903. The van der Waals surface area contributed by atoms with Gasteiger partial charge < -0.3 is 10.2 Å². The quantitative estimate of drug-likeness (QED) is 0.491. The molecule has 0 aliphatic carbocycles. The van der Waals surface area contributed by atoms with E-state index >= 15 is 0 Å². The predicted octanol–water partition coefficient (Wildman–Crippen LogP) is 0.677. The van der Waals surface area contributed by atoms with Crippen LogP contribution in [-0.4, -0.2) is 41.4 Å². The SMILES string of the molecule is CC(=CCCC(O)N(C)C)C(=O)O. The Hall–Kier alpha value is -0.870. The van der Waals surface area contributed by atoms with Gasteiger partial charge >= 0.3 is 5.97 Å². The predicted molar refractivity (Wildman–Crippen MR) is 50.3 cm³/mol. The summed E-state index contributed by atoms with van der Waals surface area (Å²) in [6.45, 7) is 1.55. The van der Waals surface area contributed by atoms with Gasteiger partial charge in [-0.2, -0.15) is 0 Å². The maximum Gasteiger partial charge on any atom is 0.330 e. The average molecular weight is 187 g/mol. The van der Waals surface area contributed by atoms with Gasteiger partial charge in [-0.05, 0) is 33.9 Å². The lowest BCUT2D eigenvalue weighted by atomic mass is 10.2. The molecule has 0 amide bonds. The second kappa shape index (κ2) is 5.72. The summed E-state index contributed by atoms with van der Waals surface area (Å²) in [5.41, 5.74) is 0.325. The summed E-state index contributed by atoms with van der Waals surface area (Å²) < 4.78 is 0. The third kappa shape index (κ3) is 5.38. The van der Waals surface area contributed by atoms with Crippen molar-refractivity contribution in [2.75, 3.05) is 14.1 Å². The van der Waals surface area contributed by atoms with Gasteiger partial charge in [-0.3, -0.25) is 4.90 Å². The fraction of sp³-hybridized carbons (Fsp3) is 0.667. The molecule has 0 rings (SSSR count). The molecule has 0 radical (unpaired) electrons. The number of aliphatic carboxylic acids is 1. The van der Waals surface area contributed by atoms with Crippen molar-refractivity contribution in [1.29, 1.82) is 0 Å². The van der Waals surface area contributed by atoms with E-state index in [9.17, 15) is 9.90 Å². The highest BCUT2D eigenvalue weighted by atomic mass is 16.4. The molecular formula is C9H17NO3. The maximum atomic E-state index is 10.4. The first-order valence-electron chi connectivity index (χ1n) is 4.19. The molecule has 0 aromatic carbocycles. The number of hydrogen-bond donors (Lipinski definition) is 2. The number of carboxylic acids is 1. The van der Waals surface area contributed by atoms with Crippen molar-refractivity contribution in [2.45, 2.75) is 26.0 Å². The number of hydrogen-bond acceptors (Lipinski definition) is 3. The van der Waals surface area contributed by atoms with Crippen LogP contribution >= 0.6 is 0 Å². The van der Waals surface area contributed by atoms with Gasteiger partial charge in [0.1, 0.15) is 6.23 Å². The Morgan fingerprint density at radius 2 is 2.08 bits per heavy atom. The Balaban J connectivity index is 3.79. The van der Waals surface area contributed by atoms with E-state index in [2.05, 4.69) is 0 Å². The van der Waals surface area contributed by atoms with Crippen LogP contribution in [-0.2, 0) is 4.79 Å². The van der Waals surface area contributed by atoms with Gasteiger partial charge in [0.2, 0.25) is 0 Å². The van der Waals surface area contributed by atoms with E-state index in [1.807, 2.05) is 0 Å². The third-order valence-corrected chi connectivity index (χ3v) is 1.81. The topological polar surface area (TPSA) is 60.8 Å². The summed E-state index contributed by atoms with van der Waals surface area (Å²) in [4.78, 5) is 12.1. The number of rotatable bonds is 5. The molecule has 0 aliphatic rings. The minimum absolute atomic E-state index is 0.325. The Morgan fingerprint density at radius 3 is 2.46 bits per heavy atom. The van der Waals surface area contributed by atoms with Crippen LogP contribution in [0.15, 0.2) is 11.6 Å². The van der Waals surface area contributed by atoms with Crippen LogP contribution in [0.3, 0.4) is 0 Å². The van der Waals surface area contributed by atoms with Gasteiger partial charge in [0.15, 0.2) is 0 Å². The zero-order valence-corrected chi connectivity index (χ0v) is 8.32. The van der Waals surface area contributed by atoms with Gasteiger partial charge in [0.25, 0.3) is 0 Å². The lowest BCUT2D eigenvalue weighted by Gasteiger charge is -2.17. The van der Waals surface area contributed by atoms with Crippen LogP contribution in [0, 0.1) is 0 Å². The molecule has 0 bridgehead atoms. The molecule has 0 saturated carbocycles. The van der Waals surface area contributed by atoms with Gasteiger partial charge in [-0.25, -0.2) is 4.79 Å². The number of aliphatic hydroxyl groups is 1. The second-order valence-electron chi connectivity index (χ2n) is 3.21. The van der Waals surface area contributed by atoms with Crippen molar-refractivity contribution < 1.29 is 15.0 Å². The molecule has 0 fully saturated rings. The van der Waals surface area contributed by atoms with Crippen molar-refractivity contribution in [2.24, 2.45) is 0 Å². The Morgan fingerprint density at radius 1 is 1.54 bits per heavy atom. The smallest absolute Gasteiger partial charge is 0.330 e. The number of allylic oxidation sites excluding steroid dienone is 1. The molecule has 1 unspecified atom stereocenters. The lowest BCUT2D eigenvalue weighted by molar-refractivity contribution is -0.132. The molecule has 4 heteroatoms. The lowest BCUT2D eigenvalue weighted by Crippen LogP contribution is -2.26. The zero-order chi connectivity index (χ0) is 10.4. The highest BCUT2D eigenvalue weighted by molar-refractivity contribution is 5.85. The van der Waals surface area contributed by atoms with Crippen molar-refractivity contribution >= 4 is 5.97 Å². The summed E-state index contributed by atoms with van der Waals surface area (Å²) in [6, 6.07) is 0. The van der Waals surface area contributed by atoms with E-state index in [0.717, 1.165) is 0 Å². The van der Waals surface area contributed by atoms with Crippen molar-refractivity contribution in [3.63, 3.8) is 0 Å². The molecule has 0 aromatic rings. The van der Waals surface area contributed by atoms with E-state index in [4.69, 9.17) is 5.11 Å². The third-order valence-electron chi connectivity index (χ3n) is 1.81. The fourth-order valence-electron chi connectivity index (χ4n) is 0.794. The minimum Gasteiger partial charge on any atom is -0.478 e. The van der Waals surface area contributed by atoms with E-state index in [-0.39, 0.29) is 0 Å². The normalized spacial score (nSPS) is 14.7. The summed E-state index contributed by atoms with van der Waals surface area (Å²) in [7, 11) is 3.55. The molecule has 0 saturated heterocycles. The highest BCUT2D eigenvalue weighted by Gasteiger charge is 2.05. The number of nitrogens with zero attached hydrogens (tertiary/aromatic N) is 1. The largest absolute Gasteiger partial charge is 0.478 e. The second-order valence-corrected chi connectivity index (χ2v) is 3.21. The van der Waals surface area contributed by atoms with Gasteiger partial charge in [-0.15, -0.1) is 0 Å². The Labute approximate surface area is 78.5 Å². The van der Waals surface area contributed by atoms with Crippen LogP contribution in [0.2, 0.25) is 0 Å². The number of aliphatic hydroxyl groups excluding tert-OH is 1. The van der Waals surface area contributed by atoms with E-state index < -0.39 is 12.2 Å². The van der Waals surface area contributed by atoms with Gasteiger partial charge in [0, 0.05) is 5.57 Å². The maximum absolute atomic E-state index is 10.4. The molecule has 0 heterocycles. The molecule has 0 aliphatic heterocycles. The van der Waals surface area contributed by atoms with E-state index in [1.54, 1.807) is 32.0 Å². The highest BCUT2D eigenvalue weighted by Crippen LogP contribution is 2.03. The number of carboxylic acid groups (broad SMARTS) is 1. The van der Waals surface area contributed by atoms with Crippen LogP contribution in [0.5, 0.6) is 0 Å². The van der Waals surface area contributed by atoms with E-state index in [1.165, 1.54) is 0 Å². The summed E-state index contributed by atoms with van der Waals surface area (Å²) >= 11 is 0. The molecule has 76 valence electrons. The van der Waals surface area contributed by atoms with E-state index in [0.29, 0.717) is 18.4 Å². The van der Waals surface area contributed by atoms with Gasteiger partial charge in [0.05, 0.1) is 0 Å². The first-order chi connectivity index (χ1) is 5.95. The van der Waals surface area contributed by atoms with Crippen molar-refractivity contribution in [3.05, 3.63) is 11.6 Å². The Bertz CT molecular complexity index is 199. The zero-order valence-electron chi connectivity index (χ0n) is 8.32. The summed E-state index contributed by atoms with van der Waals surface area (Å²) in [5, 5.41) is 17.8. The van der Waals surface area contributed by atoms with Crippen LogP contribution < -0.4 is 0 Å². The molecule has 1 atom stereocenters. The summed E-state index contributed by atoms with van der Waals surface area (Å²) in [6.07, 6.45) is 2.25. The molecule has 13 heavy (non-hydrogen) atoms. The first-order valence-corrected chi connectivity index (χ1v) is 4.19. The molecular weight excluding hydrogens is 170 g/mol. The number of carbonyl (C=O) groups is 1. The van der Waals surface area contributed by atoms with Crippen LogP contribution in [0.1, 0.15) is 19.8 Å². The van der Waals surface area contributed by atoms with Crippen LogP contribution in [0.4, 0.5) is 0 Å².